The summed E-state index contributed by atoms with van der Waals surface area (Å²) in [4.78, 5) is 14.6. The second kappa shape index (κ2) is 4.26. The monoisotopic (exact) mass is 215 g/mol. The number of hydrogen-bond donors (Lipinski definition) is 0. The molecule has 0 aromatic carbocycles. The van der Waals surface area contributed by atoms with E-state index in [1.165, 1.54) is 6.20 Å². The van der Waals surface area contributed by atoms with Crippen molar-refractivity contribution >= 4 is 6.29 Å². The Hall–Kier alpha value is -1.97. The van der Waals surface area contributed by atoms with E-state index in [1.807, 2.05) is 12.3 Å². The number of pyridine rings is 1. The fourth-order valence-corrected chi connectivity index (χ4v) is 1.42. The van der Waals surface area contributed by atoms with Gasteiger partial charge in [0.15, 0.2) is 6.29 Å². The highest BCUT2D eigenvalue weighted by Crippen LogP contribution is 2.13. The maximum Gasteiger partial charge on any atom is 0.151 e. The van der Waals surface area contributed by atoms with Crippen LogP contribution in [0, 0.1) is 0 Å². The summed E-state index contributed by atoms with van der Waals surface area (Å²) in [6.45, 7) is 4.18. The topological polar surface area (TPSA) is 47.8 Å². The van der Waals surface area contributed by atoms with Crippen molar-refractivity contribution in [3.63, 3.8) is 0 Å². The van der Waals surface area contributed by atoms with Crippen LogP contribution in [0.4, 0.5) is 0 Å². The van der Waals surface area contributed by atoms with Gasteiger partial charge >= 0.3 is 0 Å². The van der Waals surface area contributed by atoms with Crippen molar-refractivity contribution in [3.8, 4) is 5.69 Å². The molecule has 2 rings (SSSR count). The van der Waals surface area contributed by atoms with Gasteiger partial charge in [0.05, 0.1) is 17.6 Å². The zero-order valence-corrected chi connectivity index (χ0v) is 9.29. The van der Waals surface area contributed by atoms with Crippen LogP contribution in [0.5, 0.6) is 0 Å². The van der Waals surface area contributed by atoms with Crippen LogP contribution in [0.25, 0.3) is 5.69 Å². The lowest BCUT2D eigenvalue weighted by atomic mass is 10.1. The maximum absolute atomic E-state index is 10.6. The number of carbonyl (C=O) groups excluding carboxylic acids is 1. The molecule has 82 valence electrons. The smallest absolute Gasteiger partial charge is 0.151 e. The highest BCUT2D eigenvalue weighted by atomic mass is 16.1. The molecule has 0 aliphatic heterocycles. The molecule has 0 aliphatic rings. The van der Waals surface area contributed by atoms with E-state index in [-0.39, 0.29) is 0 Å². The first-order chi connectivity index (χ1) is 7.70. The van der Waals surface area contributed by atoms with Crippen molar-refractivity contribution < 1.29 is 4.79 Å². The molecule has 0 fully saturated rings. The molecule has 0 atom stereocenters. The Balaban J connectivity index is 2.38. The van der Waals surface area contributed by atoms with Gasteiger partial charge < -0.3 is 0 Å². The third-order valence-electron chi connectivity index (χ3n) is 2.35. The van der Waals surface area contributed by atoms with E-state index in [1.54, 1.807) is 16.9 Å². The number of aromatic nitrogens is 3. The zero-order chi connectivity index (χ0) is 11.5. The van der Waals surface area contributed by atoms with E-state index in [2.05, 4.69) is 23.9 Å². The summed E-state index contributed by atoms with van der Waals surface area (Å²) in [7, 11) is 0. The zero-order valence-electron chi connectivity index (χ0n) is 9.29. The van der Waals surface area contributed by atoms with Gasteiger partial charge in [0.1, 0.15) is 0 Å². The Kier molecular flexibility index (Phi) is 2.81. The molecular formula is C12H13N3O. The van der Waals surface area contributed by atoms with Gasteiger partial charge in [-0.1, -0.05) is 13.8 Å². The third-order valence-corrected chi connectivity index (χ3v) is 2.35. The number of carbonyl (C=O) groups is 1. The third kappa shape index (κ3) is 2.00. The number of hydrogen-bond acceptors (Lipinski definition) is 3. The van der Waals surface area contributed by atoms with Gasteiger partial charge in [0, 0.05) is 18.0 Å². The van der Waals surface area contributed by atoms with Gasteiger partial charge in [0.2, 0.25) is 0 Å². The molecule has 0 bridgehead atoms. The number of aldehydes is 1. The second-order valence-electron chi connectivity index (χ2n) is 3.93. The van der Waals surface area contributed by atoms with Crippen molar-refractivity contribution in [2.24, 2.45) is 0 Å². The SMILES string of the molecule is CC(C)c1ccn(-c2cncc(C=O)c2)n1. The number of rotatable bonds is 3. The molecule has 4 heteroatoms. The number of nitrogens with zero attached hydrogens (tertiary/aromatic N) is 3. The molecule has 0 amide bonds. The van der Waals surface area contributed by atoms with Crippen molar-refractivity contribution in [2.45, 2.75) is 19.8 Å². The van der Waals surface area contributed by atoms with Crippen LogP contribution in [-0.4, -0.2) is 21.1 Å². The van der Waals surface area contributed by atoms with Crippen LogP contribution in [-0.2, 0) is 0 Å². The fourth-order valence-electron chi connectivity index (χ4n) is 1.42. The van der Waals surface area contributed by atoms with E-state index in [0.717, 1.165) is 17.7 Å². The molecule has 2 aromatic rings. The Morgan fingerprint density at radius 1 is 1.38 bits per heavy atom. The van der Waals surface area contributed by atoms with E-state index in [4.69, 9.17) is 0 Å². The minimum Gasteiger partial charge on any atom is -0.298 e. The molecule has 0 saturated carbocycles. The first-order valence-corrected chi connectivity index (χ1v) is 5.17. The molecular weight excluding hydrogens is 202 g/mol. The molecule has 16 heavy (non-hydrogen) atoms. The van der Waals surface area contributed by atoms with Gasteiger partial charge in [-0.2, -0.15) is 5.10 Å². The van der Waals surface area contributed by atoms with E-state index in [9.17, 15) is 4.79 Å². The lowest BCUT2D eigenvalue weighted by molar-refractivity contribution is 0.112. The second-order valence-corrected chi connectivity index (χ2v) is 3.93. The molecule has 4 nitrogen and oxygen atoms in total. The largest absolute Gasteiger partial charge is 0.298 e. The highest BCUT2D eigenvalue weighted by Gasteiger charge is 2.05. The Bertz CT molecular complexity index is 502. The molecule has 0 spiro atoms. The molecule has 0 saturated heterocycles. The van der Waals surface area contributed by atoms with Crippen LogP contribution in [0.15, 0.2) is 30.7 Å². The predicted octanol–water partition coefficient (Wildman–Crippen LogP) is 2.20. The first kappa shape index (κ1) is 10.5. The average Bonchev–Trinajstić information content (AvgIpc) is 2.78. The maximum atomic E-state index is 10.6. The van der Waals surface area contributed by atoms with Crippen LogP contribution >= 0.6 is 0 Å². The molecule has 0 radical (unpaired) electrons. The van der Waals surface area contributed by atoms with Gasteiger partial charge in [-0.05, 0) is 18.1 Å². The predicted molar refractivity (Wildman–Crippen MR) is 60.8 cm³/mol. The summed E-state index contributed by atoms with van der Waals surface area (Å²) in [5, 5.41) is 4.42. The summed E-state index contributed by atoms with van der Waals surface area (Å²) in [5.74, 6) is 0.392. The van der Waals surface area contributed by atoms with Crippen LogP contribution in [0.2, 0.25) is 0 Å². The van der Waals surface area contributed by atoms with Crippen molar-refractivity contribution in [1.82, 2.24) is 14.8 Å². The van der Waals surface area contributed by atoms with Crippen molar-refractivity contribution in [1.29, 1.82) is 0 Å². The molecule has 0 aliphatic carbocycles. The Morgan fingerprint density at radius 3 is 2.81 bits per heavy atom. The normalized spacial score (nSPS) is 10.7. The van der Waals surface area contributed by atoms with Crippen LogP contribution < -0.4 is 0 Å². The molecule has 2 heterocycles. The summed E-state index contributed by atoms with van der Waals surface area (Å²) in [6.07, 6.45) is 5.87. The Labute approximate surface area is 93.9 Å². The van der Waals surface area contributed by atoms with Crippen LogP contribution in [0.3, 0.4) is 0 Å². The summed E-state index contributed by atoms with van der Waals surface area (Å²) in [5.41, 5.74) is 2.38. The minimum absolute atomic E-state index is 0.392. The van der Waals surface area contributed by atoms with Gasteiger partial charge in [-0.3, -0.25) is 9.78 Å². The fraction of sp³-hybridized carbons (Fsp3) is 0.250. The van der Waals surface area contributed by atoms with Crippen molar-refractivity contribution in [3.05, 3.63) is 42.0 Å². The van der Waals surface area contributed by atoms with E-state index in [0.29, 0.717) is 11.5 Å². The highest BCUT2D eigenvalue weighted by molar-refractivity contribution is 5.75. The summed E-state index contributed by atoms with van der Waals surface area (Å²) < 4.78 is 1.73. The van der Waals surface area contributed by atoms with Crippen molar-refractivity contribution in [2.75, 3.05) is 0 Å². The van der Waals surface area contributed by atoms with Gasteiger partial charge in [-0.15, -0.1) is 0 Å². The van der Waals surface area contributed by atoms with Gasteiger partial charge in [0.25, 0.3) is 0 Å². The Morgan fingerprint density at radius 2 is 2.19 bits per heavy atom. The summed E-state index contributed by atoms with van der Waals surface area (Å²) in [6, 6.07) is 3.73. The molecule has 0 N–H and O–H groups in total. The minimum atomic E-state index is 0.392. The quantitative estimate of drug-likeness (QED) is 0.737. The molecule has 0 unspecified atom stereocenters. The standard InChI is InChI=1S/C12H13N3O/c1-9(2)12-3-4-15(14-12)11-5-10(8-16)6-13-7-11/h3-9H,1-2H3. The van der Waals surface area contributed by atoms with E-state index < -0.39 is 0 Å². The lowest BCUT2D eigenvalue weighted by Gasteiger charge is -2.02. The van der Waals surface area contributed by atoms with E-state index >= 15 is 0 Å². The molecule has 2 aromatic heterocycles. The first-order valence-electron chi connectivity index (χ1n) is 5.17. The average molecular weight is 215 g/mol. The summed E-state index contributed by atoms with van der Waals surface area (Å²) >= 11 is 0. The lowest BCUT2D eigenvalue weighted by Crippen LogP contribution is -1.98. The van der Waals surface area contributed by atoms with Crippen LogP contribution in [0.1, 0.15) is 35.8 Å². The van der Waals surface area contributed by atoms with Gasteiger partial charge in [-0.25, -0.2) is 4.68 Å².